The van der Waals surface area contributed by atoms with Crippen LogP contribution in [0.2, 0.25) is 0 Å². The molecule has 0 saturated carbocycles. The van der Waals surface area contributed by atoms with Gasteiger partial charge in [0, 0.05) is 20.6 Å². The summed E-state index contributed by atoms with van der Waals surface area (Å²) < 4.78 is 15.4. The number of esters is 1. The van der Waals surface area contributed by atoms with Crippen LogP contribution in [-0.2, 0) is 25.6 Å². The lowest BCUT2D eigenvalue weighted by molar-refractivity contribution is -0.146. The largest absolute Gasteiger partial charge is 0.460 e. The third kappa shape index (κ3) is 9.76. The average molecular weight is 409 g/mol. The van der Waals surface area contributed by atoms with Crippen LogP contribution < -0.4 is 0 Å². The smallest absolute Gasteiger partial charge is 0.326 e. The van der Waals surface area contributed by atoms with E-state index in [9.17, 15) is 4.79 Å². The lowest BCUT2D eigenvalue weighted by Crippen LogP contribution is -2.32. The van der Waals surface area contributed by atoms with Crippen LogP contribution in [-0.4, -0.2) is 37.0 Å². The highest BCUT2D eigenvalue weighted by atomic mass is 32.2. The number of thioether (sulfide) groups is 1. The monoisotopic (exact) mass is 408 g/mol. The van der Waals surface area contributed by atoms with Crippen molar-refractivity contribution in [3.05, 3.63) is 48.0 Å². The second kappa shape index (κ2) is 14.7. The highest BCUT2D eigenvalue weighted by Crippen LogP contribution is 2.30. The first-order chi connectivity index (χ1) is 13.6. The molecule has 0 saturated heterocycles. The first-order valence-electron chi connectivity index (χ1n) is 10.1. The highest BCUT2D eigenvalue weighted by molar-refractivity contribution is 8.01. The van der Waals surface area contributed by atoms with Crippen LogP contribution in [0.4, 0.5) is 0 Å². The van der Waals surface area contributed by atoms with Crippen molar-refractivity contribution in [3.8, 4) is 0 Å². The number of unbranched alkanes of at least 4 members (excludes halogenated alkanes) is 4. The van der Waals surface area contributed by atoms with Crippen molar-refractivity contribution in [1.29, 1.82) is 0 Å². The minimum atomic E-state index is -0.717. The molecule has 0 radical (unpaired) electrons. The molecule has 0 heterocycles. The van der Waals surface area contributed by atoms with Gasteiger partial charge in [-0.25, -0.2) is 0 Å². The minimum Gasteiger partial charge on any atom is -0.460 e. The van der Waals surface area contributed by atoms with E-state index in [1.807, 2.05) is 43.3 Å². The highest BCUT2D eigenvalue weighted by Gasteiger charge is 2.33. The lowest BCUT2D eigenvalue weighted by Gasteiger charge is -2.24. The second-order valence-corrected chi connectivity index (χ2v) is 8.50. The maximum atomic E-state index is 12.9. The van der Waals surface area contributed by atoms with Crippen LogP contribution in [0.15, 0.2) is 42.5 Å². The van der Waals surface area contributed by atoms with E-state index in [1.165, 1.54) is 19.3 Å². The van der Waals surface area contributed by atoms with Crippen LogP contribution >= 0.6 is 11.8 Å². The predicted octanol–water partition coefficient (Wildman–Crippen LogP) is 5.76. The van der Waals surface area contributed by atoms with Crippen molar-refractivity contribution >= 4 is 17.7 Å². The van der Waals surface area contributed by atoms with Gasteiger partial charge in [0.1, 0.15) is 11.4 Å². The van der Waals surface area contributed by atoms with Gasteiger partial charge in [-0.1, -0.05) is 68.7 Å². The van der Waals surface area contributed by atoms with Gasteiger partial charge < -0.3 is 14.2 Å². The fourth-order valence-corrected chi connectivity index (χ4v) is 3.84. The fraction of sp³-hybridized carbons (Fsp3) is 0.609. The zero-order chi connectivity index (χ0) is 20.7. The molecular weight excluding hydrogens is 372 g/mol. The number of carbonyl (C=O) groups excluding carboxylic acids is 1. The van der Waals surface area contributed by atoms with Gasteiger partial charge in [-0.15, -0.1) is 11.8 Å². The van der Waals surface area contributed by atoms with Gasteiger partial charge in [-0.05, 0) is 31.1 Å². The first kappa shape index (κ1) is 24.7. The molecule has 158 valence electrons. The Bertz CT molecular complexity index is 557. The molecule has 5 heteroatoms. The van der Waals surface area contributed by atoms with Crippen LogP contribution in [0, 0.1) is 0 Å². The molecule has 1 aromatic rings. The maximum absolute atomic E-state index is 12.9. The summed E-state index contributed by atoms with van der Waals surface area (Å²) in [6.07, 6.45) is 10.4. The number of rotatable bonds is 15. The summed E-state index contributed by atoms with van der Waals surface area (Å²) in [5.41, 5.74) is 0.991. The summed E-state index contributed by atoms with van der Waals surface area (Å²) in [5.74, 6) is 0.529. The molecule has 0 spiro atoms. The van der Waals surface area contributed by atoms with E-state index < -0.39 is 4.75 Å². The van der Waals surface area contributed by atoms with Gasteiger partial charge in [-0.2, -0.15) is 0 Å². The molecule has 1 rings (SSSR count). The molecule has 1 aromatic carbocycles. The molecule has 0 N–H and O–H groups in total. The molecule has 0 unspecified atom stereocenters. The molecule has 0 bridgehead atoms. The van der Waals surface area contributed by atoms with Gasteiger partial charge in [0.15, 0.2) is 6.29 Å². The fourth-order valence-electron chi connectivity index (χ4n) is 2.74. The van der Waals surface area contributed by atoms with E-state index in [2.05, 4.69) is 13.0 Å². The van der Waals surface area contributed by atoms with Crippen molar-refractivity contribution in [1.82, 2.24) is 0 Å². The Kier molecular flexibility index (Phi) is 13.0. The lowest BCUT2D eigenvalue weighted by atomic mass is 10.1. The summed E-state index contributed by atoms with van der Waals surface area (Å²) in [7, 11) is 3.25. The number of carbonyl (C=O) groups is 1. The molecule has 0 aliphatic heterocycles. The molecule has 28 heavy (non-hydrogen) atoms. The van der Waals surface area contributed by atoms with Gasteiger partial charge in [0.05, 0.1) is 0 Å². The van der Waals surface area contributed by atoms with Gasteiger partial charge in [0.2, 0.25) is 0 Å². The van der Waals surface area contributed by atoms with E-state index in [4.69, 9.17) is 14.2 Å². The van der Waals surface area contributed by atoms with E-state index in [-0.39, 0.29) is 12.3 Å². The molecule has 4 nitrogen and oxygen atoms in total. The Balaban J connectivity index is 2.65. The van der Waals surface area contributed by atoms with E-state index >= 15 is 0 Å². The van der Waals surface area contributed by atoms with Crippen LogP contribution in [0.1, 0.15) is 57.9 Å². The molecule has 0 aliphatic rings. The van der Waals surface area contributed by atoms with Gasteiger partial charge >= 0.3 is 5.97 Å². The van der Waals surface area contributed by atoms with Crippen molar-refractivity contribution in [2.45, 2.75) is 70.0 Å². The maximum Gasteiger partial charge on any atom is 0.326 e. The minimum absolute atomic E-state index is 0.211. The Morgan fingerprint density at radius 2 is 1.86 bits per heavy atom. The summed E-state index contributed by atoms with van der Waals surface area (Å²) >= 11 is 1.57. The molecule has 0 aromatic heterocycles. The van der Waals surface area contributed by atoms with Crippen LogP contribution in [0.5, 0.6) is 0 Å². The Morgan fingerprint density at radius 3 is 2.50 bits per heavy atom. The van der Waals surface area contributed by atoms with Crippen molar-refractivity contribution in [2.75, 3.05) is 20.0 Å². The summed E-state index contributed by atoms with van der Waals surface area (Å²) in [6, 6.07) is 9.77. The Morgan fingerprint density at radius 1 is 1.14 bits per heavy atom. The topological polar surface area (TPSA) is 44.8 Å². The Labute approximate surface area is 175 Å². The van der Waals surface area contributed by atoms with E-state index in [0.29, 0.717) is 13.0 Å². The summed E-state index contributed by atoms with van der Waals surface area (Å²) in [6.45, 7) is 4.43. The van der Waals surface area contributed by atoms with Crippen molar-refractivity contribution in [2.24, 2.45) is 0 Å². The quantitative estimate of drug-likeness (QED) is 0.160. The van der Waals surface area contributed by atoms with Crippen LogP contribution in [0.3, 0.4) is 0 Å². The molecule has 0 fully saturated rings. The molecule has 0 amide bonds. The molecule has 0 aliphatic carbocycles. The van der Waals surface area contributed by atoms with Gasteiger partial charge in [0.25, 0.3) is 0 Å². The van der Waals surface area contributed by atoms with E-state index in [1.54, 1.807) is 26.0 Å². The number of ether oxygens (including phenoxy) is 3. The molecular formula is C23H36O4S. The number of hydrogen-bond donors (Lipinski definition) is 0. The van der Waals surface area contributed by atoms with Crippen molar-refractivity contribution < 1.29 is 19.0 Å². The zero-order valence-corrected chi connectivity index (χ0v) is 18.6. The SMILES string of the molecule is CCCCCC/C=C/[C@@](C)(SCCC(OC)OC)C(=O)OCc1ccccc1. The number of benzene rings is 1. The average Bonchev–Trinajstić information content (AvgIpc) is 2.72. The Hall–Kier alpha value is -1.30. The van der Waals surface area contributed by atoms with Gasteiger partial charge in [-0.3, -0.25) is 4.79 Å². The van der Waals surface area contributed by atoms with E-state index in [0.717, 1.165) is 24.2 Å². The first-order valence-corrected chi connectivity index (χ1v) is 11.1. The summed E-state index contributed by atoms with van der Waals surface area (Å²) in [4.78, 5) is 12.9. The second-order valence-electron chi connectivity index (χ2n) is 6.96. The predicted molar refractivity (Wildman–Crippen MR) is 117 cm³/mol. The summed E-state index contributed by atoms with van der Waals surface area (Å²) in [5, 5.41) is 0. The molecule has 1 atom stereocenters. The third-order valence-electron chi connectivity index (χ3n) is 4.56. The standard InChI is InChI=1S/C23H36O4S/c1-5-6-7-8-9-13-17-23(2,28-18-16-21(25-3)26-4)22(24)27-19-20-14-11-10-12-15-20/h10-15,17,21H,5-9,16,18-19H2,1-4H3/b17-13+/t23-/m1/s1. The number of methoxy groups -OCH3 is 2. The zero-order valence-electron chi connectivity index (χ0n) is 17.8. The number of hydrogen-bond acceptors (Lipinski definition) is 5. The van der Waals surface area contributed by atoms with Crippen LogP contribution in [0.25, 0.3) is 0 Å². The normalized spacial score (nSPS) is 13.8. The number of allylic oxidation sites excluding steroid dienone is 1. The third-order valence-corrected chi connectivity index (χ3v) is 5.90. The van der Waals surface area contributed by atoms with Crippen molar-refractivity contribution in [3.63, 3.8) is 0 Å².